The van der Waals surface area contributed by atoms with Crippen molar-refractivity contribution in [2.45, 2.75) is 36.8 Å². The zero-order valence-corrected chi connectivity index (χ0v) is 17.6. The standard InChI is InChI=1S/C20H25N3O3S2/c1-2-22-12-9-15-5-6-16(13-18(15)22)21-19(24)14-17-7-8-20(27-17)28(25,26)23-10-3-4-11-23/h5-8,13H,2-4,9-12,14H2,1H3,(H,21,24). The molecule has 28 heavy (non-hydrogen) atoms. The molecule has 1 aromatic carbocycles. The number of rotatable bonds is 6. The molecule has 8 heteroatoms. The molecule has 4 rings (SSSR count). The third kappa shape index (κ3) is 3.81. The lowest BCUT2D eigenvalue weighted by atomic mass is 10.1. The summed E-state index contributed by atoms with van der Waals surface area (Å²) in [5.41, 5.74) is 3.29. The van der Waals surface area contributed by atoms with Gasteiger partial charge in [0.2, 0.25) is 5.91 Å². The number of thiophene rings is 1. The highest BCUT2D eigenvalue weighted by Gasteiger charge is 2.28. The van der Waals surface area contributed by atoms with Crippen LogP contribution in [-0.4, -0.2) is 44.8 Å². The Bertz CT molecular complexity index is 978. The average Bonchev–Trinajstić information content (AvgIpc) is 3.42. The number of hydrogen-bond acceptors (Lipinski definition) is 5. The summed E-state index contributed by atoms with van der Waals surface area (Å²) in [6, 6.07) is 9.41. The summed E-state index contributed by atoms with van der Waals surface area (Å²) in [6.07, 6.45) is 3.04. The van der Waals surface area contributed by atoms with E-state index < -0.39 is 10.0 Å². The highest BCUT2D eigenvalue weighted by atomic mass is 32.2. The van der Waals surface area contributed by atoms with Crippen molar-refractivity contribution in [2.24, 2.45) is 0 Å². The number of nitrogens with zero attached hydrogens (tertiary/aromatic N) is 2. The van der Waals surface area contributed by atoms with E-state index in [-0.39, 0.29) is 12.3 Å². The molecule has 1 saturated heterocycles. The second-order valence-corrected chi connectivity index (χ2v) is 10.6. The highest BCUT2D eigenvalue weighted by Crippen LogP contribution is 2.31. The Kier molecular flexibility index (Phi) is 5.44. The number of anilines is 2. The number of carbonyl (C=O) groups is 1. The van der Waals surface area contributed by atoms with Gasteiger partial charge in [-0.15, -0.1) is 11.3 Å². The van der Waals surface area contributed by atoms with Gasteiger partial charge in [-0.25, -0.2) is 8.42 Å². The molecular weight excluding hydrogens is 394 g/mol. The lowest BCUT2D eigenvalue weighted by Gasteiger charge is -2.17. The number of hydrogen-bond donors (Lipinski definition) is 1. The molecule has 2 aromatic rings. The molecule has 0 spiro atoms. The van der Waals surface area contributed by atoms with Crippen LogP contribution >= 0.6 is 11.3 Å². The second-order valence-electron chi connectivity index (χ2n) is 7.23. The molecule has 1 N–H and O–H groups in total. The van der Waals surface area contributed by atoms with Crippen molar-refractivity contribution >= 4 is 38.6 Å². The van der Waals surface area contributed by atoms with Gasteiger partial charge in [-0.1, -0.05) is 6.07 Å². The molecule has 0 atom stereocenters. The number of carbonyl (C=O) groups excluding carboxylic acids is 1. The SMILES string of the molecule is CCN1CCc2ccc(NC(=O)Cc3ccc(S(=O)(=O)N4CCCC4)s3)cc21. The number of fused-ring (bicyclic) bond motifs is 1. The average molecular weight is 420 g/mol. The number of sulfonamides is 1. The maximum Gasteiger partial charge on any atom is 0.252 e. The summed E-state index contributed by atoms with van der Waals surface area (Å²) >= 11 is 1.19. The van der Waals surface area contributed by atoms with Crippen LogP contribution in [0.4, 0.5) is 11.4 Å². The number of likely N-dealkylation sites (N-methyl/N-ethyl adjacent to an activating group) is 1. The van der Waals surface area contributed by atoms with Gasteiger partial charge in [0.25, 0.3) is 10.0 Å². The maximum atomic E-state index is 12.6. The van der Waals surface area contributed by atoms with E-state index >= 15 is 0 Å². The fourth-order valence-electron chi connectivity index (χ4n) is 3.86. The monoisotopic (exact) mass is 419 g/mol. The molecule has 150 valence electrons. The van der Waals surface area contributed by atoms with Crippen LogP contribution in [-0.2, 0) is 27.7 Å². The first kappa shape index (κ1) is 19.4. The molecular formula is C20H25N3O3S2. The Morgan fingerprint density at radius 3 is 2.68 bits per heavy atom. The second kappa shape index (κ2) is 7.85. The highest BCUT2D eigenvalue weighted by molar-refractivity contribution is 7.91. The van der Waals surface area contributed by atoms with E-state index in [1.807, 2.05) is 12.1 Å². The topological polar surface area (TPSA) is 69.7 Å². The van der Waals surface area contributed by atoms with Gasteiger partial charge in [-0.2, -0.15) is 4.31 Å². The quantitative estimate of drug-likeness (QED) is 0.781. The van der Waals surface area contributed by atoms with E-state index in [4.69, 9.17) is 0 Å². The Balaban J connectivity index is 1.42. The van der Waals surface area contributed by atoms with E-state index in [0.29, 0.717) is 17.3 Å². The Morgan fingerprint density at radius 2 is 1.93 bits per heavy atom. The smallest absolute Gasteiger partial charge is 0.252 e. The van der Waals surface area contributed by atoms with Crippen molar-refractivity contribution in [1.29, 1.82) is 0 Å². The van der Waals surface area contributed by atoms with Crippen molar-refractivity contribution < 1.29 is 13.2 Å². The molecule has 1 fully saturated rings. The first-order chi connectivity index (χ1) is 13.5. The Labute approximate surface area is 170 Å². The number of amides is 1. The summed E-state index contributed by atoms with van der Waals surface area (Å²) in [4.78, 5) is 15.5. The molecule has 0 aliphatic carbocycles. The normalized spacial score (nSPS) is 17.1. The first-order valence-corrected chi connectivity index (χ1v) is 12.0. The zero-order valence-electron chi connectivity index (χ0n) is 16.0. The summed E-state index contributed by atoms with van der Waals surface area (Å²) in [7, 11) is -3.41. The van der Waals surface area contributed by atoms with Crippen molar-refractivity contribution in [1.82, 2.24) is 4.31 Å². The van der Waals surface area contributed by atoms with E-state index in [1.54, 1.807) is 12.1 Å². The van der Waals surface area contributed by atoms with Crippen LogP contribution in [0.2, 0.25) is 0 Å². The third-order valence-corrected chi connectivity index (χ3v) is 8.82. The van der Waals surface area contributed by atoms with Crippen molar-refractivity contribution in [3.63, 3.8) is 0 Å². The minimum absolute atomic E-state index is 0.132. The minimum Gasteiger partial charge on any atom is -0.371 e. The summed E-state index contributed by atoms with van der Waals surface area (Å²) < 4.78 is 27.1. The van der Waals surface area contributed by atoms with E-state index in [9.17, 15) is 13.2 Å². The van der Waals surface area contributed by atoms with Crippen LogP contribution in [0.1, 0.15) is 30.2 Å². The van der Waals surface area contributed by atoms with E-state index in [2.05, 4.69) is 23.2 Å². The molecule has 2 aliphatic heterocycles. The van der Waals surface area contributed by atoms with Crippen LogP contribution in [0.25, 0.3) is 0 Å². The van der Waals surface area contributed by atoms with Gasteiger partial charge in [-0.05, 0) is 56.0 Å². The predicted octanol–water partition coefficient (Wildman–Crippen LogP) is 3.10. The molecule has 0 saturated carbocycles. The number of nitrogens with one attached hydrogen (secondary N) is 1. The van der Waals surface area contributed by atoms with Crippen molar-refractivity contribution in [3.8, 4) is 0 Å². The number of benzene rings is 1. The molecule has 3 heterocycles. The summed E-state index contributed by atoms with van der Waals surface area (Å²) in [5, 5.41) is 2.95. The Hall–Kier alpha value is -1.90. The molecule has 1 amide bonds. The van der Waals surface area contributed by atoms with Crippen molar-refractivity contribution in [2.75, 3.05) is 36.4 Å². The molecule has 6 nitrogen and oxygen atoms in total. The fourth-order valence-corrected chi connectivity index (χ4v) is 6.89. The Morgan fingerprint density at radius 1 is 1.14 bits per heavy atom. The summed E-state index contributed by atoms with van der Waals surface area (Å²) in [6.45, 7) is 5.28. The van der Waals surface area contributed by atoms with Crippen LogP contribution in [0, 0.1) is 0 Å². The van der Waals surface area contributed by atoms with Crippen molar-refractivity contribution in [3.05, 3.63) is 40.8 Å². The zero-order chi connectivity index (χ0) is 19.7. The van der Waals surface area contributed by atoms with Gasteiger partial charge in [0.15, 0.2) is 0 Å². The van der Waals surface area contributed by atoms with Gasteiger partial charge in [0.1, 0.15) is 4.21 Å². The molecule has 1 aromatic heterocycles. The van der Waals surface area contributed by atoms with Crippen LogP contribution in [0.15, 0.2) is 34.5 Å². The largest absolute Gasteiger partial charge is 0.371 e. The van der Waals surface area contributed by atoms with Crippen LogP contribution in [0.5, 0.6) is 0 Å². The summed E-state index contributed by atoms with van der Waals surface area (Å²) in [5.74, 6) is -0.132. The lowest BCUT2D eigenvalue weighted by molar-refractivity contribution is -0.115. The van der Waals surface area contributed by atoms with Gasteiger partial charge in [-0.3, -0.25) is 4.79 Å². The molecule has 2 aliphatic rings. The van der Waals surface area contributed by atoms with Gasteiger partial charge < -0.3 is 10.2 Å². The first-order valence-electron chi connectivity index (χ1n) is 9.74. The molecule has 0 unspecified atom stereocenters. The van der Waals surface area contributed by atoms with Gasteiger partial charge >= 0.3 is 0 Å². The van der Waals surface area contributed by atoms with E-state index in [1.165, 1.54) is 26.9 Å². The fraction of sp³-hybridized carbons (Fsp3) is 0.450. The maximum absolute atomic E-state index is 12.6. The van der Waals surface area contributed by atoms with Gasteiger partial charge in [0.05, 0.1) is 6.42 Å². The molecule has 0 bridgehead atoms. The van der Waals surface area contributed by atoms with Crippen LogP contribution < -0.4 is 10.2 Å². The molecule has 0 radical (unpaired) electrons. The van der Waals surface area contributed by atoms with Crippen LogP contribution in [0.3, 0.4) is 0 Å². The lowest BCUT2D eigenvalue weighted by Crippen LogP contribution is -2.27. The van der Waals surface area contributed by atoms with Gasteiger partial charge in [0, 0.05) is 42.4 Å². The predicted molar refractivity (Wildman–Crippen MR) is 113 cm³/mol. The minimum atomic E-state index is -3.41. The third-order valence-electron chi connectivity index (χ3n) is 5.37. The van der Waals surface area contributed by atoms with E-state index in [0.717, 1.165) is 42.9 Å².